The lowest BCUT2D eigenvalue weighted by atomic mass is 10.1. The van der Waals surface area contributed by atoms with Crippen molar-refractivity contribution in [1.82, 2.24) is 4.57 Å². The molecule has 0 spiro atoms. The molecule has 0 unspecified atom stereocenters. The van der Waals surface area contributed by atoms with Gasteiger partial charge < -0.3 is 13.6 Å². The Morgan fingerprint density at radius 1 is 1.12 bits per heavy atom. The molecule has 4 nitrogen and oxygen atoms in total. The molecule has 0 N–H and O–H groups in total. The zero-order valence-corrected chi connectivity index (χ0v) is 16.1. The number of benzene rings is 1. The Bertz CT molecular complexity index is 870. The molecule has 26 heavy (non-hydrogen) atoms. The lowest BCUT2D eigenvalue weighted by Crippen LogP contribution is -2.05. The van der Waals surface area contributed by atoms with E-state index in [0.717, 1.165) is 12.1 Å². The Morgan fingerprint density at radius 3 is 2.19 bits per heavy atom. The van der Waals surface area contributed by atoms with Crippen LogP contribution in [-0.2, 0) is 13.6 Å². The molecule has 0 bridgehead atoms. The molecule has 0 atom stereocenters. The summed E-state index contributed by atoms with van der Waals surface area (Å²) in [6.45, 7) is 7.06. The molecule has 0 aliphatic rings. The van der Waals surface area contributed by atoms with Gasteiger partial charge in [0, 0.05) is 24.0 Å². The first-order valence-corrected chi connectivity index (χ1v) is 9.83. The Kier molecular flexibility index (Phi) is 6.74. The summed E-state index contributed by atoms with van der Waals surface area (Å²) in [4.78, 5) is 0. The van der Waals surface area contributed by atoms with E-state index in [1.54, 1.807) is 52.2 Å². The van der Waals surface area contributed by atoms with Gasteiger partial charge in [-0.1, -0.05) is 0 Å². The summed E-state index contributed by atoms with van der Waals surface area (Å²) in [5, 5.41) is 0.00306. The minimum Gasteiger partial charge on any atom is -0.321 e. The van der Waals surface area contributed by atoms with Crippen molar-refractivity contribution in [2.45, 2.75) is 27.7 Å². The van der Waals surface area contributed by atoms with Crippen LogP contribution in [0.5, 0.6) is 0 Å². The van der Waals surface area contributed by atoms with Gasteiger partial charge in [-0.2, -0.15) is 0 Å². The molecule has 0 radical (unpaired) electrons. The minimum absolute atomic E-state index is 0.00306. The molecule has 0 saturated carbocycles. The van der Waals surface area contributed by atoms with Gasteiger partial charge in [-0.3, -0.25) is 4.57 Å². The highest BCUT2D eigenvalue weighted by molar-refractivity contribution is 7.65. The number of hydrogen-bond acceptors (Lipinski definition) is 3. The highest BCUT2D eigenvalue weighted by Crippen LogP contribution is 2.61. The second kappa shape index (κ2) is 8.61. The fraction of sp³-hybridized carbons (Fsp3) is 0.316. The third kappa shape index (κ3) is 4.40. The molecule has 1 aromatic carbocycles. The van der Waals surface area contributed by atoms with Crippen LogP contribution in [0.4, 0.5) is 8.78 Å². The van der Waals surface area contributed by atoms with Crippen LogP contribution in [0.3, 0.4) is 0 Å². The molecule has 0 aliphatic carbocycles. The first-order valence-electron chi connectivity index (χ1n) is 8.29. The average molecular weight is 381 g/mol. The van der Waals surface area contributed by atoms with Crippen LogP contribution in [0.1, 0.15) is 33.3 Å². The number of aromatic nitrogens is 1. The Labute approximate surface area is 152 Å². The maximum Gasteiger partial charge on any atom is 0.369 e. The van der Waals surface area contributed by atoms with E-state index in [1.165, 1.54) is 4.57 Å². The van der Waals surface area contributed by atoms with E-state index in [0.29, 0.717) is 5.57 Å². The fourth-order valence-corrected chi connectivity index (χ4v) is 4.36. The summed E-state index contributed by atoms with van der Waals surface area (Å²) < 4.78 is 54.4. The minimum atomic E-state index is -3.84. The van der Waals surface area contributed by atoms with Gasteiger partial charge in [0.2, 0.25) is 0 Å². The van der Waals surface area contributed by atoms with Gasteiger partial charge in [0.25, 0.3) is 0 Å². The first kappa shape index (κ1) is 20.3. The van der Waals surface area contributed by atoms with Crippen molar-refractivity contribution < 1.29 is 22.4 Å². The molecule has 0 amide bonds. The van der Waals surface area contributed by atoms with Crippen molar-refractivity contribution in [2.24, 2.45) is 0 Å². The second-order valence-corrected chi connectivity index (χ2v) is 7.64. The molecule has 0 aliphatic heterocycles. The van der Waals surface area contributed by atoms with Crippen molar-refractivity contribution in [1.29, 1.82) is 0 Å². The number of hydrogen-bond donors (Lipinski definition) is 0. The maximum atomic E-state index is 14.7. The topological polar surface area (TPSA) is 40.5 Å². The SMILES string of the molecule is CCOP(=O)(OCC)C(=C=C(C)C)c1cc(F)cc(F)c1-n1cccc1. The molecule has 1 heterocycles. The normalized spacial score (nSPS) is 11.3. The predicted molar refractivity (Wildman–Crippen MR) is 98.3 cm³/mol. The predicted octanol–water partition coefficient (Wildman–Crippen LogP) is 5.93. The standard InChI is InChI=1S/C19H22F2NO3P/c1-5-24-26(23,25-6-2)18(11-14(3)4)16-12-15(20)13-17(21)19(16)22-9-7-8-10-22/h7-10,12-13H,5-6H2,1-4H3. The molecule has 0 saturated heterocycles. The summed E-state index contributed by atoms with van der Waals surface area (Å²) in [5.74, 6) is -1.58. The molecular weight excluding hydrogens is 359 g/mol. The van der Waals surface area contributed by atoms with Crippen LogP contribution in [0.2, 0.25) is 0 Å². The molecule has 2 aromatic rings. The first-order chi connectivity index (χ1) is 12.3. The molecule has 140 valence electrons. The van der Waals surface area contributed by atoms with Gasteiger partial charge in [-0.05, 0) is 51.5 Å². The highest BCUT2D eigenvalue weighted by atomic mass is 31.2. The molecule has 7 heteroatoms. The lowest BCUT2D eigenvalue weighted by molar-refractivity contribution is 0.230. The van der Waals surface area contributed by atoms with Crippen LogP contribution in [0, 0.1) is 11.6 Å². The van der Waals surface area contributed by atoms with Gasteiger partial charge in [0.15, 0.2) is 5.82 Å². The number of halogens is 2. The van der Waals surface area contributed by atoms with Crippen LogP contribution in [0.15, 0.2) is 48.0 Å². The van der Waals surface area contributed by atoms with E-state index in [4.69, 9.17) is 9.05 Å². The third-order valence-corrected chi connectivity index (χ3v) is 5.48. The summed E-state index contributed by atoms with van der Waals surface area (Å²) in [6, 6.07) is 5.32. The molecule has 2 rings (SSSR count). The summed E-state index contributed by atoms with van der Waals surface area (Å²) >= 11 is 0. The van der Waals surface area contributed by atoms with E-state index in [9.17, 15) is 13.3 Å². The van der Waals surface area contributed by atoms with Gasteiger partial charge >= 0.3 is 7.60 Å². The summed E-state index contributed by atoms with van der Waals surface area (Å²) in [7, 11) is -3.84. The van der Waals surface area contributed by atoms with E-state index >= 15 is 0 Å². The van der Waals surface area contributed by atoms with Crippen molar-refractivity contribution >= 4 is 12.9 Å². The van der Waals surface area contributed by atoms with Gasteiger partial charge in [-0.25, -0.2) is 8.78 Å². The molecular formula is C19H22F2NO3P. The van der Waals surface area contributed by atoms with Crippen LogP contribution in [0.25, 0.3) is 11.0 Å². The van der Waals surface area contributed by atoms with Crippen LogP contribution >= 0.6 is 7.60 Å². The zero-order chi connectivity index (χ0) is 19.3. The summed E-state index contributed by atoms with van der Waals surface area (Å²) in [5.41, 5.74) is 3.74. The van der Waals surface area contributed by atoms with E-state index in [1.807, 2.05) is 0 Å². The molecule has 0 fully saturated rings. The van der Waals surface area contributed by atoms with E-state index in [2.05, 4.69) is 5.73 Å². The van der Waals surface area contributed by atoms with Crippen molar-refractivity contribution in [2.75, 3.05) is 13.2 Å². The van der Waals surface area contributed by atoms with E-state index < -0.39 is 19.2 Å². The number of nitrogens with zero attached hydrogens (tertiary/aromatic N) is 1. The smallest absolute Gasteiger partial charge is 0.321 e. The largest absolute Gasteiger partial charge is 0.369 e. The van der Waals surface area contributed by atoms with Gasteiger partial charge in [0.1, 0.15) is 11.1 Å². The quantitative estimate of drug-likeness (QED) is 0.441. The Hall–Kier alpha value is -1.97. The monoisotopic (exact) mass is 381 g/mol. The summed E-state index contributed by atoms with van der Waals surface area (Å²) in [6.07, 6.45) is 3.23. The maximum absolute atomic E-state index is 14.7. The van der Waals surface area contributed by atoms with Gasteiger partial charge in [-0.15, -0.1) is 5.73 Å². The van der Waals surface area contributed by atoms with Crippen LogP contribution < -0.4 is 0 Å². The van der Waals surface area contributed by atoms with E-state index in [-0.39, 0.29) is 29.8 Å². The second-order valence-electron chi connectivity index (χ2n) is 5.68. The third-order valence-electron chi connectivity index (χ3n) is 3.39. The lowest BCUT2D eigenvalue weighted by Gasteiger charge is -2.21. The van der Waals surface area contributed by atoms with Crippen LogP contribution in [-0.4, -0.2) is 17.8 Å². The average Bonchev–Trinajstić information content (AvgIpc) is 3.06. The highest BCUT2D eigenvalue weighted by Gasteiger charge is 2.34. The fourth-order valence-electron chi connectivity index (χ4n) is 2.52. The van der Waals surface area contributed by atoms with Crippen molar-refractivity contribution in [3.63, 3.8) is 0 Å². The van der Waals surface area contributed by atoms with Crippen molar-refractivity contribution in [3.8, 4) is 5.69 Å². The number of allylic oxidation sites excluding steroid dienone is 1. The Morgan fingerprint density at radius 2 is 1.69 bits per heavy atom. The van der Waals surface area contributed by atoms with Gasteiger partial charge in [0.05, 0.1) is 18.9 Å². The number of rotatable bonds is 7. The Balaban J connectivity index is 2.87. The zero-order valence-electron chi connectivity index (χ0n) is 15.3. The molecule has 1 aromatic heterocycles. The van der Waals surface area contributed by atoms with Crippen molar-refractivity contribution in [3.05, 3.63) is 65.2 Å².